The van der Waals surface area contributed by atoms with Gasteiger partial charge in [0.2, 0.25) is 5.95 Å². The summed E-state index contributed by atoms with van der Waals surface area (Å²) in [7, 11) is 1.47. The minimum Gasteiger partial charge on any atom is -0.497 e. The number of hydrogen-bond donors (Lipinski definition) is 1. The van der Waals surface area contributed by atoms with Gasteiger partial charge in [0.25, 0.3) is 0 Å². The van der Waals surface area contributed by atoms with Crippen molar-refractivity contribution in [3.63, 3.8) is 0 Å². The largest absolute Gasteiger partial charge is 0.497 e. The smallest absolute Gasteiger partial charge is 0.228 e. The van der Waals surface area contributed by atoms with Gasteiger partial charge in [-0.1, -0.05) is 23.7 Å². The zero-order valence-corrected chi connectivity index (χ0v) is 22.7. The molecule has 0 saturated carbocycles. The number of nitrogens with zero attached hydrogens (tertiary/aromatic N) is 6. The van der Waals surface area contributed by atoms with E-state index in [9.17, 15) is 4.39 Å². The second-order valence-corrected chi connectivity index (χ2v) is 10.0. The van der Waals surface area contributed by atoms with Crippen molar-refractivity contribution in [2.45, 2.75) is 6.92 Å². The molecule has 1 fully saturated rings. The van der Waals surface area contributed by atoms with Gasteiger partial charge in [-0.15, -0.1) is 5.10 Å². The lowest BCUT2D eigenvalue weighted by atomic mass is 10.1. The number of halogens is 3. The maximum atomic E-state index is 15.4. The molecule has 3 heterocycles. The number of hydrogen-bond acceptors (Lipinski definition) is 7. The molecular weight excluding hydrogens is 536 g/mol. The molecule has 0 aliphatic carbocycles. The molecule has 1 saturated heterocycles. The molecule has 1 aliphatic rings. The molecule has 11 heteroatoms. The van der Waals surface area contributed by atoms with Gasteiger partial charge in [-0.2, -0.15) is 4.98 Å². The first-order valence-corrected chi connectivity index (χ1v) is 13.1. The van der Waals surface area contributed by atoms with Crippen molar-refractivity contribution in [3.05, 3.63) is 82.9 Å². The molecule has 8 nitrogen and oxygen atoms in total. The highest BCUT2D eigenvalue weighted by atomic mass is 35.5. The second kappa shape index (κ2) is 10.3. The van der Waals surface area contributed by atoms with Gasteiger partial charge >= 0.3 is 0 Å². The molecule has 1 aliphatic heterocycles. The van der Waals surface area contributed by atoms with E-state index >= 15 is 4.39 Å². The number of fused-ring (bicyclic) bond motifs is 1. The van der Waals surface area contributed by atoms with Crippen LogP contribution in [0.2, 0.25) is 5.02 Å². The van der Waals surface area contributed by atoms with E-state index in [4.69, 9.17) is 32.0 Å². The highest BCUT2D eigenvalue weighted by Crippen LogP contribution is 2.36. The lowest BCUT2D eigenvalue weighted by molar-refractivity contribution is 0.411. The Kier molecular flexibility index (Phi) is 6.63. The first-order chi connectivity index (χ1) is 19.3. The van der Waals surface area contributed by atoms with E-state index in [1.165, 1.54) is 30.0 Å². The Labute approximate surface area is 234 Å². The fourth-order valence-electron chi connectivity index (χ4n) is 5.03. The molecule has 2 aromatic heterocycles. The molecule has 204 valence electrons. The van der Waals surface area contributed by atoms with E-state index in [-0.39, 0.29) is 17.0 Å². The molecule has 3 aromatic carbocycles. The normalized spacial score (nSPS) is 13.7. The molecule has 6 rings (SSSR count). The quantitative estimate of drug-likeness (QED) is 0.297. The Morgan fingerprint density at radius 3 is 2.42 bits per heavy atom. The zero-order valence-electron chi connectivity index (χ0n) is 21.9. The van der Waals surface area contributed by atoms with Crippen molar-refractivity contribution in [1.82, 2.24) is 19.7 Å². The number of anilines is 3. The predicted molar refractivity (Wildman–Crippen MR) is 154 cm³/mol. The summed E-state index contributed by atoms with van der Waals surface area (Å²) in [4.78, 5) is 13.9. The Bertz CT molecular complexity index is 1730. The molecule has 0 radical (unpaired) electrons. The van der Waals surface area contributed by atoms with Gasteiger partial charge in [-0.25, -0.2) is 18.4 Å². The summed E-state index contributed by atoms with van der Waals surface area (Å²) < 4.78 is 36.0. The van der Waals surface area contributed by atoms with Crippen LogP contribution < -0.4 is 20.3 Å². The molecule has 5 aromatic rings. The lowest BCUT2D eigenvalue weighted by Gasteiger charge is -2.37. The molecule has 0 unspecified atom stereocenters. The van der Waals surface area contributed by atoms with E-state index < -0.39 is 11.6 Å². The van der Waals surface area contributed by atoms with Crippen molar-refractivity contribution >= 4 is 40.1 Å². The third kappa shape index (κ3) is 4.64. The standard InChI is InChI=1S/C29H26ClF2N7O/c1-17-6-7-18(30)14-24(17)37-10-12-38(13-11-37)29-34-26(22-9-8-21(40-2)16-23(22)32)25-27(33)39(36-28(25)35-29)20-5-3-4-19(31)15-20/h3-9,14-16H,10-13,33H2,1-2H3. The van der Waals surface area contributed by atoms with Crippen LogP contribution in [0, 0.1) is 18.6 Å². The molecule has 0 atom stereocenters. The van der Waals surface area contributed by atoms with Crippen molar-refractivity contribution in [2.24, 2.45) is 0 Å². The van der Waals surface area contributed by atoms with Gasteiger partial charge in [0.15, 0.2) is 5.65 Å². The van der Waals surface area contributed by atoms with E-state index in [0.717, 1.165) is 11.3 Å². The summed E-state index contributed by atoms with van der Waals surface area (Å²) in [5, 5.41) is 5.66. The van der Waals surface area contributed by atoms with Crippen LogP contribution in [-0.2, 0) is 0 Å². The maximum absolute atomic E-state index is 15.4. The van der Waals surface area contributed by atoms with Crippen molar-refractivity contribution in [2.75, 3.05) is 48.8 Å². The van der Waals surface area contributed by atoms with Crippen LogP contribution in [-0.4, -0.2) is 53.0 Å². The van der Waals surface area contributed by atoms with Gasteiger partial charge in [0, 0.05) is 48.5 Å². The SMILES string of the molecule is COc1ccc(-c2nc(N3CCN(c4cc(Cl)ccc4C)CC3)nc3nn(-c4cccc(F)c4)c(N)c23)c(F)c1. The third-order valence-corrected chi connectivity index (χ3v) is 7.35. The van der Waals surface area contributed by atoms with Gasteiger partial charge in [0.1, 0.15) is 23.2 Å². The van der Waals surface area contributed by atoms with Crippen LogP contribution in [0.15, 0.2) is 60.7 Å². The maximum Gasteiger partial charge on any atom is 0.228 e. The van der Waals surface area contributed by atoms with E-state index in [1.54, 1.807) is 24.3 Å². The summed E-state index contributed by atoms with van der Waals surface area (Å²) in [5.74, 6) is 0.00671. The summed E-state index contributed by atoms with van der Waals surface area (Å²) in [6.07, 6.45) is 0. The fraction of sp³-hybridized carbons (Fsp3) is 0.207. The fourth-order valence-corrected chi connectivity index (χ4v) is 5.19. The van der Waals surface area contributed by atoms with Crippen LogP contribution in [0.1, 0.15) is 5.56 Å². The summed E-state index contributed by atoms with van der Waals surface area (Å²) in [5.41, 5.74) is 9.99. The Balaban J connectivity index is 1.43. The molecule has 40 heavy (non-hydrogen) atoms. The van der Waals surface area contributed by atoms with Crippen LogP contribution >= 0.6 is 11.6 Å². The first-order valence-electron chi connectivity index (χ1n) is 12.7. The highest BCUT2D eigenvalue weighted by molar-refractivity contribution is 6.30. The van der Waals surface area contributed by atoms with Crippen LogP contribution in [0.3, 0.4) is 0 Å². The lowest BCUT2D eigenvalue weighted by Crippen LogP contribution is -2.47. The monoisotopic (exact) mass is 561 g/mol. The molecule has 0 bridgehead atoms. The van der Waals surface area contributed by atoms with Gasteiger partial charge in [0.05, 0.1) is 23.9 Å². The van der Waals surface area contributed by atoms with E-state index in [1.807, 2.05) is 23.1 Å². The topological polar surface area (TPSA) is 85.3 Å². The number of ether oxygens (including phenoxy) is 1. The minimum atomic E-state index is -0.524. The molecule has 0 spiro atoms. The first kappa shape index (κ1) is 25.8. The van der Waals surface area contributed by atoms with E-state index in [0.29, 0.717) is 59.7 Å². The van der Waals surface area contributed by atoms with Crippen LogP contribution in [0.5, 0.6) is 5.75 Å². The minimum absolute atomic E-state index is 0.179. The Hall–Kier alpha value is -4.44. The number of methoxy groups -OCH3 is 1. The number of aryl methyl sites for hydroxylation is 1. The molecule has 0 amide bonds. The predicted octanol–water partition coefficient (Wildman–Crippen LogP) is 5.64. The number of piperazine rings is 1. The number of nitrogen functional groups attached to an aromatic ring is 1. The highest BCUT2D eigenvalue weighted by Gasteiger charge is 2.26. The average Bonchev–Trinajstić information content (AvgIpc) is 3.30. The second-order valence-electron chi connectivity index (χ2n) is 9.60. The number of rotatable bonds is 5. The van der Waals surface area contributed by atoms with Gasteiger partial charge in [-0.05, 0) is 55.0 Å². The number of benzene rings is 3. The van der Waals surface area contributed by atoms with Crippen LogP contribution in [0.25, 0.3) is 28.0 Å². The number of aromatic nitrogens is 4. The van der Waals surface area contributed by atoms with Gasteiger partial charge in [-0.3, -0.25) is 0 Å². The Morgan fingerprint density at radius 2 is 1.70 bits per heavy atom. The zero-order chi connectivity index (χ0) is 28.0. The Morgan fingerprint density at radius 1 is 0.925 bits per heavy atom. The van der Waals surface area contributed by atoms with Gasteiger partial charge < -0.3 is 20.3 Å². The van der Waals surface area contributed by atoms with Crippen LogP contribution in [0.4, 0.5) is 26.2 Å². The van der Waals surface area contributed by atoms with Crippen molar-refractivity contribution in [1.29, 1.82) is 0 Å². The molecular formula is C29H26ClF2N7O. The average molecular weight is 562 g/mol. The number of nitrogens with two attached hydrogens (primary N) is 1. The summed E-state index contributed by atoms with van der Waals surface area (Å²) in [6, 6.07) is 16.3. The molecule has 2 N–H and O–H groups in total. The van der Waals surface area contributed by atoms with Crippen molar-refractivity contribution < 1.29 is 13.5 Å². The van der Waals surface area contributed by atoms with E-state index in [2.05, 4.69) is 16.9 Å². The summed E-state index contributed by atoms with van der Waals surface area (Å²) >= 11 is 6.26. The third-order valence-electron chi connectivity index (χ3n) is 7.12. The van der Waals surface area contributed by atoms with Crippen molar-refractivity contribution in [3.8, 4) is 22.7 Å². The summed E-state index contributed by atoms with van der Waals surface area (Å²) in [6.45, 7) is 4.75.